The normalized spacial score (nSPS) is 10.6. The topological polar surface area (TPSA) is 62.7 Å². The molecule has 1 heterocycles. The maximum Gasteiger partial charge on any atom is 0.244 e. The van der Waals surface area contributed by atoms with Crippen molar-refractivity contribution in [3.05, 3.63) is 71.9 Å². The van der Waals surface area contributed by atoms with Crippen LogP contribution in [-0.2, 0) is 6.54 Å². The number of hydrogen-bond acceptors (Lipinski definition) is 5. The van der Waals surface area contributed by atoms with Crippen molar-refractivity contribution in [2.45, 2.75) is 26.3 Å². The highest BCUT2D eigenvalue weighted by atomic mass is 15.3. The molecular weight excluding hydrogens is 298 g/mol. The molecule has 0 fully saturated rings. The Balaban J connectivity index is 1.64. The Morgan fingerprint density at radius 2 is 1.71 bits per heavy atom. The molecule has 1 aromatic heterocycles. The second kappa shape index (κ2) is 7.55. The van der Waals surface area contributed by atoms with Crippen molar-refractivity contribution in [3.63, 3.8) is 0 Å². The fraction of sp³-hybridized carbons (Fsp3) is 0.211. The van der Waals surface area contributed by atoms with Crippen LogP contribution in [0.3, 0.4) is 0 Å². The fourth-order valence-corrected chi connectivity index (χ4v) is 2.31. The predicted octanol–water partition coefficient (Wildman–Crippen LogP) is 4.35. The standard InChI is InChI=1S/C19H21N5/c1-14(2)16-8-10-17(11-9-16)22-18-13-21-24-19(23-18)20-12-15-6-4-3-5-7-15/h3-11,13-14H,12H2,1-2H3,(H2,20,22,23,24). The van der Waals surface area contributed by atoms with E-state index in [9.17, 15) is 0 Å². The first-order valence-corrected chi connectivity index (χ1v) is 8.05. The molecule has 5 heteroatoms. The molecule has 0 spiro atoms. The van der Waals surface area contributed by atoms with Gasteiger partial charge in [0.1, 0.15) is 0 Å². The minimum Gasteiger partial charge on any atom is -0.349 e. The number of benzene rings is 2. The molecule has 0 aliphatic rings. The van der Waals surface area contributed by atoms with Crippen LogP contribution in [0.5, 0.6) is 0 Å². The Morgan fingerprint density at radius 3 is 2.42 bits per heavy atom. The Bertz CT molecular complexity index is 769. The van der Waals surface area contributed by atoms with Gasteiger partial charge in [0.25, 0.3) is 0 Å². The van der Waals surface area contributed by atoms with Crippen LogP contribution < -0.4 is 10.6 Å². The van der Waals surface area contributed by atoms with E-state index in [4.69, 9.17) is 0 Å². The largest absolute Gasteiger partial charge is 0.349 e. The Hall–Kier alpha value is -2.95. The van der Waals surface area contributed by atoms with E-state index in [0.29, 0.717) is 24.2 Å². The van der Waals surface area contributed by atoms with Crippen LogP contribution >= 0.6 is 0 Å². The molecule has 0 atom stereocenters. The summed E-state index contributed by atoms with van der Waals surface area (Å²) in [4.78, 5) is 4.44. The Morgan fingerprint density at radius 1 is 0.958 bits per heavy atom. The van der Waals surface area contributed by atoms with Crippen molar-refractivity contribution in [1.29, 1.82) is 0 Å². The van der Waals surface area contributed by atoms with Crippen molar-refractivity contribution in [2.24, 2.45) is 0 Å². The van der Waals surface area contributed by atoms with Gasteiger partial charge in [-0.2, -0.15) is 10.1 Å². The SMILES string of the molecule is CC(C)c1ccc(Nc2cnnc(NCc3ccccc3)n2)cc1. The van der Waals surface area contributed by atoms with Gasteiger partial charge in [0.05, 0.1) is 6.20 Å². The number of anilines is 3. The molecule has 0 saturated carbocycles. The van der Waals surface area contributed by atoms with E-state index in [-0.39, 0.29) is 0 Å². The molecule has 0 unspecified atom stereocenters. The average molecular weight is 319 g/mol. The molecule has 122 valence electrons. The van der Waals surface area contributed by atoms with Gasteiger partial charge in [-0.15, -0.1) is 5.10 Å². The van der Waals surface area contributed by atoms with Crippen LogP contribution in [0.1, 0.15) is 30.9 Å². The maximum atomic E-state index is 4.44. The fourth-order valence-electron chi connectivity index (χ4n) is 2.31. The second-order valence-corrected chi connectivity index (χ2v) is 5.91. The lowest BCUT2D eigenvalue weighted by molar-refractivity contribution is 0.867. The van der Waals surface area contributed by atoms with E-state index in [1.165, 1.54) is 11.1 Å². The van der Waals surface area contributed by atoms with E-state index in [0.717, 1.165) is 5.69 Å². The number of nitrogens with zero attached hydrogens (tertiary/aromatic N) is 3. The monoisotopic (exact) mass is 319 g/mol. The number of aromatic nitrogens is 3. The molecule has 5 nitrogen and oxygen atoms in total. The van der Waals surface area contributed by atoms with Gasteiger partial charge in [0, 0.05) is 12.2 Å². The minimum absolute atomic E-state index is 0.502. The lowest BCUT2D eigenvalue weighted by Gasteiger charge is -2.09. The molecule has 2 aromatic carbocycles. The third-order valence-electron chi connectivity index (χ3n) is 3.70. The number of hydrogen-bond donors (Lipinski definition) is 2. The summed E-state index contributed by atoms with van der Waals surface area (Å²) in [5.74, 6) is 1.69. The van der Waals surface area contributed by atoms with Gasteiger partial charge < -0.3 is 10.6 Å². The van der Waals surface area contributed by atoms with Gasteiger partial charge >= 0.3 is 0 Å². The molecule has 0 saturated heterocycles. The first-order chi connectivity index (χ1) is 11.7. The summed E-state index contributed by atoms with van der Waals surface area (Å²) < 4.78 is 0. The number of nitrogens with one attached hydrogen (secondary N) is 2. The molecule has 0 radical (unpaired) electrons. The van der Waals surface area contributed by atoms with Gasteiger partial charge in [0.15, 0.2) is 5.82 Å². The van der Waals surface area contributed by atoms with Crippen molar-refractivity contribution in [3.8, 4) is 0 Å². The lowest BCUT2D eigenvalue weighted by Crippen LogP contribution is -2.06. The quantitative estimate of drug-likeness (QED) is 0.707. The van der Waals surface area contributed by atoms with Crippen molar-refractivity contribution >= 4 is 17.5 Å². The summed E-state index contributed by atoms with van der Waals surface area (Å²) in [5.41, 5.74) is 3.46. The van der Waals surface area contributed by atoms with Crippen LogP contribution in [0, 0.1) is 0 Å². The van der Waals surface area contributed by atoms with Crippen molar-refractivity contribution in [1.82, 2.24) is 15.2 Å². The first kappa shape index (κ1) is 15.9. The first-order valence-electron chi connectivity index (χ1n) is 8.05. The molecular formula is C19H21N5. The van der Waals surface area contributed by atoms with E-state index in [1.807, 2.05) is 18.2 Å². The maximum absolute atomic E-state index is 4.44. The van der Waals surface area contributed by atoms with Gasteiger partial charge in [-0.1, -0.05) is 56.3 Å². The summed E-state index contributed by atoms with van der Waals surface area (Å²) in [6.07, 6.45) is 1.62. The van der Waals surface area contributed by atoms with Crippen molar-refractivity contribution < 1.29 is 0 Å². The highest BCUT2D eigenvalue weighted by Gasteiger charge is 2.03. The zero-order chi connectivity index (χ0) is 16.8. The molecule has 3 rings (SSSR count). The molecule has 0 amide bonds. The summed E-state index contributed by atoms with van der Waals surface area (Å²) in [5, 5.41) is 14.5. The zero-order valence-electron chi connectivity index (χ0n) is 13.9. The third-order valence-corrected chi connectivity index (χ3v) is 3.70. The minimum atomic E-state index is 0.502. The van der Waals surface area contributed by atoms with Gasteiger partial charge in [0.2, 0.25) is 5.95 Å². The molecule has 2 N–H and O–H groups in total. The van der Waals surface area contributed by atoms with E-state index >= 15 is 0 Å². The second-order valence-electron chi connectivity index (χ2n) is 5.91. The van der Waals surface area contributed by atoms with Gasteiger partial charge in [-0.3, -0.25) is 0 Å². The van der Waals surface area contributed by atoms with E-state index in [2.05, 4.69) is 76.1 Å². The van der Waals surface area contributed by atoms with Gasteiger partial charge in [-0.05, 0) is 29.2 Å². The summed E-state index contributed by atoms with van der Waals surface area (Å²) in [6, 6.07) is 18.5. The molecule has 0 bridgehead atoms. The third kappa shape index (κ3) is 4.29. The highest BCUT2D eigenvalue weighted by Crippen LogP contribution is 2.19. The predicted molar refractivity (Wildman–Crippen MR) is 97.4 cm³/mol. The summed E-state index contributed by atoms with van der Waals surface area (Å²) in [7, 11) is 0. The van der Waals surface area contributed by atoms with Crippen LogP contribution in [-0.4, -0.2) is 15.2 Å². The average Bonchev–Trinajstić information content (AvgIpc) is 2.62. The summed E-state index contributed by atoms with van der Waals surface area (Å²) >= 11 is 0. The lowest BCUT2D eigenvalue weighted by atomic mass is 10.0. The van der Waals surface area contributed by atoms with E-state index < -0.39 is 0 Å². The smallest absolute Gasteiger partial charge is 0.244 e. The van der Waals surface area contributed by atoms with Crippen LogP contribution in [0.2, 0.25) is 0 Å². The molecule has 24 heavy (non-hydrogen) atoms. The van der Waals surface area contributed by atoms with Gasteiger partial charge in [-0.25, -0.2) is 0 Å². The molecule has 0 aliphatic heterocycles. The molecule has 3 aromatic rings. The number of rotatable bonds is 6. The highest BCUT2D eigenvalue weighted by molar-refractivity contribution is 5.56. The zero-order valence-corrected chi connectivity index (χ0v) is 13.9. The van der Waals surface area contributed by atoms with E-state index in [1.54, 1.807) is 6.20 Å². The molecule has 0 aliphatic carbocycles. The summed E-state index contributed by atoms with van der Waals surface area (Å²) in [6.45, 7) is 5.03. The van der Waals surface area contributed by atoms with Crippen LogP contribution in [0.4, 0.5) is 17.5 Å². The Kier molecular flexibility index (Phi) is 5.01. The Labute approximate surface area is 142 Å². The van der Waals surface area contributed by atoms with Crippen molar-refractivity contribution in [2.75, 3.05) is 10.6 Å². The van der Waals surface area contributed by atoms with Crippen LogP contribution in [0.15, 0.2) is 60.8 Å². The van der Waals surface area contributed by atoms with Crippen LogP contribution in [0.25, 0.3) is 0 Å².